The lowest BCUT2D eigenvalue weighted by molar-refractivity contribution is -0.142. The van der Waals surface area contributed by atoms with E-state index in [9.17, 15) is 9.59 Å². The second kappa shape index (κ2) is 7.43. The van der Waals surface area contributed by atoms with Gasteiger partial charge in [-0.1, -0.05) is 37.3 Å². The lowest BCUT2D eigenvalue weighted by Gasteiger charge is -2.52. The Bertz CT molecular complexity index is 992. The molecule has 0 N–H and O–H groups in total. The largest absolute Gasteiger partial charge is 0.334 e. The van der Waals surface area contributed by atoms with Crippen LogP contribution >= 0.6 is 0 Å². The second-order valence-electron chi connectivity index (χ2n) is 9.68. The fraction of sp³-hybridized carbons (Fsp3) is 0.520. The van der Waals surface area contributed by atoms with E-state index < -0.39 is 0 Å². The third-order valence-electron chi connectivity index (χ3n) is 7.84. The zero-order chi connectivity index (χ0) is 21.8. The van der Waals surface area contributed by atoms with Crippen molar-refractivity contribution in [1.29, 1.82) is 0 Å². The van der Waals surface area contributed by atoms with Crippen molar-refractivity contribution >= 4 is 11.8 Å². The van der Waals surface area contributed by atoms with Crippen molar-refractivity contribution in [2.75, 3.05) is 0 Å². The molecule has 162 valence electrons. The van der Waals surface area contributed by atoms with Crippen molar-refractivity contribution in [2.24, 2.45) is 5.41 Å². The van der Waals surface area contributed by atoms with E-state index in [0.717, 1.165) is 37.8 Å². The van der Waals surface area contributed by atoms with Crippen molar-refractivity contribution in [1.82, 2.24) is 19.8 Å². The molecule has 1 aromatic heterocycles. The summed E-state index contributed by atoms with van der Waals surface area (Å²) in [5, 5.41) is 0. The van der Waals surface area contributed by atoms with E-state index in [4.69, 9.17) is 0 Å². The number of amides is 2. The molecule has 6 heteroatoms. The summed E-state index contributed by atoms with van der Waals surface area (Å²) in [7, 11) is 0. The number of fused-ring (bicyclic) bond motifs is 1. The molecule has 0 spiro atoms. The Hall–Kier alpha value is -2.76. The number of hydrogen-bond acceptors (Lipinski definition) is 4. The first-order valence-corrected chi connectivity index (χ1v) is 11.3. The van der Waals surface area contributed by atoms with E-state index in [1.807, 2.05) is 25.1 Å². The Labute approximate surface area is 183 Å². The summed E-state index contributed by atoms with van der Waals surface area (Å²) >= 11 is 0. The Balaban J connectivity index is 1.58. The van der Waals surface area contributed by atoms with Gasteiger partial charge in [0.15, 0.2) is 0 Å². The van der Waals surface area contributed by atoms with Crippen molar-refractivity contribution in [2.45, 2.75) is 77.0 Å². The van der Waals surface area contributed by atoms with Gasteiger partial charge in [0.2, 0.25) is 5.91 Å². The maximum atomic E-state index is 13.7. The predicted octanol–water partition coefficient (Wildman–Crippen LogP) is 3.40. The van der Waals surface area contributed by atoms with Crippen LogP contribution in [0.15, 0.2) is 42.7 Å². The topological polar surface area (TPSA) is 66.4 Å². The molecular formula is C25H30N4O2. The first-order valence-electron chi connectivity index (χ1n) is 11.3. The molecule has 3 aliphatic rings. The molecule has 0 unspecified atom stereocenters. The van der Waals surface area contributed by atoms with Crippen LogP contribution in [0.2, 0.25) is 0 Å². The van der Waals surface area contributed by atoms with E-state index in [2.05, 4.69) is 38.8 Å². The first kappa shape index (κ1) is 20.2. The van der Waals surface area contributed by atoms with E-state index in [1.54, 1.807) is 19.3 Å². The summed E-state index contributed by atoms with van der Waals surface area (Å²) in [5.74, 6) is 0.0715. The number of carbonyl (C=O) groups excluding carboxylic acids is 2. The van der Waals surface area contributed by atoms with E-state index in [1.165, 1.54) is 5.56 Å². The molecule has 1 saturated carbocycles. The Kier molecular flexibility index (Phi) is 4.83. The predicted molar refractivity (Wildman–Crippen MR) is 117 cm³/mol. The number of nitrogens with zero attached hydrogens (tertiary/aromatic N) is 4. The van der Waals surface area contributed by atoms with Crippen LogP contribution in [-0.4, -0.2) is 55.7 Å². The summed E-state index contributed by atoms with van der Waals surface area (Å²) in [4.78, 5) is 39.6. The maximum absolute atomic E-state index is 13.7. The maximum Gasteiger partial charge on any atom is 0.274 e. The smallest absolute Gasteiger partial charge is 0.274 e. The minimum atomic E-state index is -0.0738. The van der Waals surface area contributed by atoms with Crippen molar-refractivity contribution in [3.63, 3.8) is 0 Å². The van der Waals surface area contributed by atoms with Gasteiger partial charge in [0.25, 0.3) is 5.91 Å². The summed E-state index contributed by atoms with van der Waals surface area (Å²) in [6, 6.07) is 10.6. The van der Waals surface area contributed by atoms with Crippen LogP contribution in [0.5, 0.6) is 0 Å². The number of aromatic nitrogens is 2. The molecule has 2 amide bonds. The van der Waals surface area contributed by atoms with Gasteiger partial charge < -0.3 is 9.80 Å². The van der Waals surface area contributed by atoms with Gasteiger partial charge in [0.1, 0.15) is 5.69 Å². The van der Waals surface area contributed by atoms with Crippen LogP contribution < -0.4 is 0 Å². The molecule has 3 fully saturated rings. The standard InChI is InChI=1S/C25H30N4O2/c1-16-14-27-19(15-26-16)24(31)29-21-13-25(3)22(10-7-11-23(25)29)28(17(2)30)20(21)12-18-8-5-4-6-9-18/h4-6,8-9,14-15,20-23H,7,10-13H2,1-3H3/t20-,21-,22+,23-,25+/m0/s1. The van der Waals surface area contributed by atoms with Crippen molar-refractivity contribution in [3.8, 4) is 0 Å². The molecule has 3 heterocycles. The van der Waals surface area contributed by atoms with E-state index >= 15 is 0 Å². The monoisotopic (exact) mass is 418 g/mol. The molecule has 2 bridgehead atoms. The van der Waals surface area contributed by atoms with Crippen LogP contribution in [0, 0.1) is 12.3 Å². The third kappa shape index (κ3) is 3.15. The Morgan fingerprint density at radius 3 is 2.42 bits per heavy atom. The van der Waals surface area contributed by atoms with Gasteiger partial charge in [0, 0.05) is 30.6 Å². The number of aryl methyl sites for hydroxylation is 1. The first-order chi connectivity index (χ1) is 14.9. The van der Waals surface area contributed by atoms with E-state index in [-0.39, 0.29) is 41.4 Å². The quantitative estimate of drug-likeness (QED) is 0.766. The van der Waals surface area contributed by atoms with Crippen LogP contribution in [0.3, 0.4) is 0 Å². The highest BCUT2D eigenvalue weighted by atomic mass is 16.2. The normalized spacial score (nSPS) is 31.6. The van der Waals surface area contributed by atoms with Gasteiger partial charge in [-0.25, -0.2) is 4.98 Å². The lowest BCUT2D eigenvalue weighted by atomic mass is 9.64. The van der Waals surface area contributed by atoms with Crippen molar-refractivity contribution < 1.29 is 9.59 Å². The number of benzene rings is 1. The third-order valence-corrected chi connectivity index (χ3v) is 7.84. The summed E-state index contributed by atoms with van der Waals surface area (Å²) < 4.78 is 0. The van der Waals surface area contributed by atoms with Crippen LogP contribution in [-0.2, 0) is 11.2 Å². The molecule has 1 aliphatic carbocycles. The minimum Gasteiger partial charge on any atom is -0.334 e. The van der Waals surface area contributed by atoms with Crippen LogP contribution in [0.4, 0.5) is 0 Å². The van der Waals surface area contributed by atoms with Gasteiger partial charge in [-0.05, 0) is 44.6 Å². The molecule has 31 heavy (non-hydrogen) atoms. The summed E-state index contributed by atoms with van der Waals surface area (Å²) in [6.07, 6.45) is 7.97. The van der Waals surface area contributed by atoms with E-state index in [0.29, 0.717) is 5.69 Å². The van der Waals surface area contributed by atoms with Crippen LogP contribution in [0.1, 0.15) is 61.3 Å². The zero-order valence-electron chi connectivity index (χ0n) is 18.5. The molecule has 2 aliphatic heterocycles. The number of piperidine rings is 1. The number of carbonyl (C=O) groups is 2. The minimum absolute atomic E-state index is 0.0101. The number of likely N-dealkylation sites (tertiary alicyclic amines) is 2. The molecule has 1 aromatic carbocycles. The Morgan fingerprint density at radius 1 is 1.06 bits per heavy atom. The van der Waals surface area contributed by atoms with Crippen LogP contribution in [0.25, 0.3) is 0 Å². The molecule has 5 atom stereocenters. The highest BCUT2D eigenvalue weighted by Gasteiger charge is 2.64. The molecule has 5 rings (SSSR count). The SMILES string of the molecule is CC(=O)N1[C@@H](Cc2ccccc2)[C@@H]2C[C@@]3(C)[C@H](CCC[C@@H]13)N2C(=O)c1cnc(C)cn1. The fourth-order valence-corrected chi connectivity index (χ4v) is 6.56. The Morgan fingerprint density at radius 2 is 1.77 bits per heavy atom. The van der Waals surface area contributed by atoms with Gasteiger partial charge in [-0.3, -0.25) is 14.6 Å². The summed E-state index contributed by atoms with van der Waals surface area (Å²) in [5.41, 5.74) is 2.32. The molecule has 0 radical (unpaired) electrons. The van der Waals surface area contributed by atoms with Gasteiger partial charge >= 0.3 is 0 Å². The average Bonchev–Trinajstić information content (AvgIpc) is 3.06. The van der Waals surface area contributed by atoms with Gasteiger partial charge in [-0.15, -0.1) is 0 Å². The summed E-state index contributed by atoms with van der Waals surface area (Å²) in [6.45, 7) is 5.85. The highest BCUT2D eigenvalue weighted by Crippen LogP contribution is 2.56. The number of hydrogen-bond donors (Lipinski definition) is 0. The number of rotatable bonds is 3. The van der Waals surface area contributed by atoms with Crippen molar-refractivity contribution in [3.05, 3.63) is 59.7 Å². The molecule has 6 nitrogen and oxygen atoms in total. The van der Waals surface area contributed by atoms with Gasteiger partial charge in [0.05, 0.1) is 24.0 Å². The second-order valence-corrected chi connectivity index (χ2v) is 9.68. The molecule has 2 aromatic rings. The zero-order valence-corrected chi connectivity index (χ0v) is 18.5. The van der Waals surface area contributed by atoms with Gasteiger partial charge in [-0.2, -0.15) is 0 Å². The molecular weight excluding hydrogens is 388 g/mol. The fourth-order valence-electron chi connectivity index (χ4n) is 6.56. The average molecular weight is 419 g/mol. The highest BCUT2D eigenvalue weighted by molar-refractivity contribution is 5.93. The molecule has 2 saturated heterocycles. The lowest BCUT2D eigenvalue weighted by Crippen LogP contribution is -2.62.